The van der Waals surface area contributed by atoms with Crippen molar-refractivity contribution in [2.75, 3.05) is 31.7 Å². The van der Waals surface area contributed by atoms with Gasteiger partial charge in [-0.2, -0.15) is 0 Å². The van der Waals surface area contributed by atoms with Crippen LogP contribution >= 0.6 is 23.1 Å². The number of ether oxygens (including phenoxy) is 2. The van der Waals surface area contributed by atoms with Gasteiger partial charge in [0.25, 0.3) is 23.6 Å². The van der Waals surface area contributed by atoms with Crippen LogP contribution in [0.25, 0.3) is 0 Å². The number of hydrogen-bond acceptors (Lipinski definition) is 14. The number of amides is 4. The van der Waals surface area contributed by atoms with Crippen LogP contribution in [0.15, 0.2) is 57.7 Å². The number of aromatic nitrogens is 1. The third kappa shape index (κ3) is 7.59. The van der Waals surface area contributed by atoms with Crippen LogP contribution in [0.2, 0.25) is 0 Å². The largest absolute Gasteiger partial charge is 0.497 e. The molecule has 1 aromatic heterocycles. The van der Waals surface area contributed by atoms with Gasteiger partial charge in [-0.3, -0.25) is 29.0 Å². The highest BCUT2D eigenvalue weighted by Gasteiger charge is 2.54. The number of allylic oxidation sites excluding steroid dienone is 1. The number of fused-ring (bicyclic) bond motifs is 1. The number of carboxylic acid groups (broad SMARTS) is 1. The minimum atomic E-state index is -1.40. The van der Waals surface area contributed by atoms with Gasteiger partial charge in [0.1, 0.15) is 34.2 Å². The summed E-state index contributed by atoms with van der Waals surface area (Å²) in [5, 5.41) is 17.2. The summed E-state index contributed by atoms with van der Waals surface area (Å²) in [5.41, 5.74) is 5.01. The number of β-lactam (4-membered cyclic amide) rings is 1. The van der Waals surface area contributed by atoms with Crippen LogP contribution in [0.3, 0.4) is 0 Å². The number of hydrogen-bond donors (Lipinski definition) is 3. The average Bonchev–Trinajstić information content (AvgIpc) is 3.64. The molecule has 2 aromatic rings. The van der Waals surface area contributed by atoms with Crippen LogP contribution in [-0.2, 0) is 33.5 Å². The lowest BCUT2D eigenvalue weighted by atomic mass is 10.0. The number of oxime groups is 1. The third-order valence-corrected chi connectivity index (χ3v) is 9.26. The quantitative estimate of drug-likeness (QED) is 0.0796. The number of rotatable bonds is 10. The monoisotopic (exact) mass is 712 g/mol. The standard InChI is InChI=1S/C31H32N6O10S2/c1-31(2,3)47-20(38)12-46-35-21(19-14-49-30(32)33-19)24(39)34-22-27(42)37-23(29(43)44)17(13-48-28(22)37)11-16-9-10-36(26(16)41)25(40)15-5-7-18(45-4)8-6-15/h5-8,11,14,22,28H,9-10,12-13H2,1-4H3,(H2,32,33)(H,34,39)(H,43,44)/b16-11+,35-21-/t22-,28-/m1/s1. The molecule has 0 bridgehead atoms. The van der Waals surface area contributed by atoms with E-state index in [0.717, 1.165) is 21.1 Å². The zero-order valence-electron chi connectivity index (χ0n) is 26.8. The Labute approximate surface area is 287 Å². The van der Waals surface area contributed by atoms with Crippen LogP contribution in [0.5, 0.6) is 5.75 Å². The van der Waals surface area contributed by atoms with E-state index in [1.54, 1.807) is 45.0 Å². The second kappa shape index (κ2) is 14.1. The Morgan fingerprint density at radius 3 is 2.51 bits per heavy atom. The molecule has 5 rings (SSSR count). The van der Waals surface area contributed by atoms with Gasteiger partial charge in [0.2, 0.25) is 6.61 Å². The number of imide groups is 1. The molecular weight excluding hydrogens is 681 g/mol. The fourth-order valence-corrected chi connectivity index (χ4v) is 6.98. The predicted molar refractivity (Wildman–Crippen MR) is 176 cm³/mol. The van der Waals surface area contributed by atoms with E-state index in [0.29, 0.717) is 5.75 Å². The summed E-state index contributed by atoms with van der Waals surface area (Å²) in [5.74, 6) is -4.13. The van der Waals surface area contributed by atoms with E-state index in [1.807, 2.05) is 0 Å². The van der Waals surface area contributed by atoms with Crippen LogP contribution in [0.1, 0.15) is 43.2 Å². The Hall–Kier alpha value is -5.23. The molecule has 3 aliphatic heterocycles. The van der Waals surface area contributed by atoms with E-state index in [-0.39, 0.29) is 57.7 Å². The Balaban J connectivity index is 1.30. The highest BCUT2D eigenvalue weighted by atomic mass is 32.2. The Kier molecular flexibility index (Phi) is 10.1. The van der Waals surface area contributed by atoms with Crippen molar-refractivity contribution in [1.29, 1.82) is 0 Å². The molecule has 4 N–H and O–H groups in total. The van der Waals surface area contributed by atoms with E-state index in [2.05, 4.69) is 15.5 Å². The first kappa shape index (κ1) is 35.1. The zero-order chi connectivity index (χ0) is 35.6. The lowest BCUT2D eigenvalue weighted by molar-refractivity contribution is -0.160. The molecule has 4 amide bonds. The lowest BCUT2D eigenvalue weighted by Crippen LogP contribution is -2.71. The summed E-state index contributed by atoms with van der Waals surface area (Å²) >= 11 is 2.21. The van der Waals surface area contributed by atoms with Gasteiger partial charge in [-0.05, 0) is 63.1 Å². The first-order valence-electron chi connectivity index (χ1n) is 14.7. The van der Waals surface area contributed by atoms with Crippen molar-refractivity contribution in [3.63, 3.8) is 0 Å². The van der Waals surface area contributed by atoms with Gasteiger partial charge in [0, 0.05) is 28.8 Å². The molecule has 16 nitrogen and oxygen atoms in total. The number of nitrogens with one attached hydrogen (secondary N) is 1. The first-order chi connectivity index (χ1) is 23.2. The summed E-state index contributed by atoms with van der Waals surface area (Å²) in [6, 6.07) is 5.16. The Morgan fingerprint density at radius 1 is 1.18 bits per heavy atom. The molecule has 18 heteroatoms. The van der Waals surface area contributed by atoms with Crippen LogP contribution in [0, 0.1) is 0 Å². The van der Waals surface area contributed by atoms with Crippen LogP contribution in [0.4, 0.5) is 5.13 Å². The van der Waals surface area contributed by atoms with Crippen molar-refractivity contribution >= 4 is 69.5 Å². The van der Waals surface area contributed by atoms with Gasteiger partial charge in [-0.1, -0.05) is 5.16 Å². The van der Waals surface area contributed by atoms with E-state index < -0.39 is 59.2 Å². The molecular formula is C31H32N6O10S2. The number of likely N-dealkylation sites (tertiary alicyclic amines) is 1. The number of carboxylic acids is 1. The van der Waals surface area contributed by atoms with Crippen molar-refractivity contribution in [2.45, 2.75) is 44.2 Å². The number of thioether (sulfide) groups is 1. The number of methoxy groups -OCH3 is 1. The van der Waals surface area contributed by atoms with Gasteiger partial charge in [0.05, 0.1) is 7.11 Å². The van der Waals surface area contributed by atoms with Gasteiger partial charge in [0.15, 0.2) is 10.8 Å². The normalized spacial score (nSPS) is 20.2. The molecule has 49 heavy (non-hydrogen) atoms. The van der Waals surface area contributed by atoms with Crippen LogP contribution in [-0.4, -0.2) is 104 Å². The number of benzene rings is 1. The van der Waals surface area contributed by atoms with Gasteiger partial charge in [-0.15, -0.1) is 23.1 Å². The molecule has 2 fully saturated rings. The molecule has 0 aliphatic carbocycles. The maximum Gasteiger partial charge on any atom is 0.352 e. The van der Waals surface area contributed by atoms with Crippen molar-refractivity contribution in [1.82, 2.24) is 20.1 Å². The summed E-state index contributed by atoms with van der Waals surface area (Å²) in [6.07, 6.45) is 1.60. The van der Waals surface area contributed by atoms with Crippen LogP contribution < -0.4 is 15.8 Å². The van der Waals surface area contributed by atoms with E-state index in [1.165, 1.54) is 30.3 Å². The second-order valence-electron chi connectivity index (χ2n) is 11.8. The number of thiazole rings is 1. The van der Waals surface area contributed by atoms with Gasteiger partial charge < -0.3 is 30.5 Å². The molecule has 0 radical (unpaired) electrons. The number of esters is 1. The van der Waals surface area contributed by atoms with E-state index in [9.17, 15) is 33.9 Å². The number of nitrogens with two attached hydrogens (primary N) is 1. The Morgan fingerprint density at radius 2 is 1.90 bits per heavy atom. The minimum Gasteiger partial charge on any atom is -0.497 e. The number of carbonyl (C=O) groups is 6. The number of carbonyl (C=O) groups excluding carboxylic acids is 5. The van der Waals surface area contributed by atoms with Gasteiger partial charge >= 0.3 is 11.9 Å². The molecule has 2 saturated heterocycles. The van der Waals surface area contributed by atoms with Crippen molar-refractivity contribution < 1.29 is 48.2 Å². The minimum absolute atomic E-state index is 0.0323. The predicted octanol–water partition coefficient (Wildman–Crippen LogP) is 1.53. The molecule has 2 atom stereocenters. The molecule has 0 unspecified atom stereocenters. The SMILES string of the molecule is COc1ccc(C(=O)N2CC/C(=C\C3=C(C(=O)O)N4C(=O)[C@@H](NC(=O)/C(=N\OCC(=O)OC(C)(C)C)c5csc(N)n5)[C@H]4SC3)C2=O)cc1. The highest BCUT2D eigenvalue weighted by Crippen LogP contribution is 2.41. The number of anilines is 1. The molecule has 1 aromatic carbocycles. The third-order valence-electron chi connectivity index (χ3n) is 7.28. The molecule has 3 aliphatic rings. The van der Waals surface area contributed by atoms with Gasteiger partial charge in [-0.25, -0.2) is 14.6 Å². The molecule has 0 saturated carbocycles. The van der Waals surface area contributed by atoms with Crippen molar-refractivity contribution in [3.05, 3.63) is 63.8 Å². The summed E-state index contributed by atoms with van der Waals surface area (Å²) in [7, 11) is 1.49. The van der Waals surface area contributed by atoms with Crippen molar-refractivity contribution in [2.24, 2.45) is 5.16 Å². The lowest BCUT2D eigenvalue weighted by Gasteiger charge is -2.49. The fraction of sp³-hybridized carbons (Fsp3) is 0.355. The van der Waals surface area contributed by atoms with E-state index >= 15 is 0 Å². The number of nitrogen functional groups attached to an aromatic ring is 1. The summed E-state index contributed by atoms with van der Waals surface area (Å²) < 4.78 is 10.3. The smallest absolute Gasteiger partial charge is 0.352 e. The summed E-state index contributed by atoms with van der Waals surface area (Å²) in [4.78, 5) is 88.6. The second-order valence-corrected chi connectivity index (χ2v) is 13.8. The molecule has 0 spiro atoms. The first-order valence-corrected chi connectivity index (χ1v) is 16.7. The highest BCUT2D eigenvalue weighted by molar-refractivity contribution is 8.00. The zero-order valence-corrected chi connectivity index (χ0v) is 28.4. The van der Waals surface area contributed by atoms with E-state index in [4.69, 9.17) is 20.0 Å². The number of nitrogens with zero attached hydrogens (tertiary/aromatic N) is 4. The maximum atomic E-state index is 13.3. The average molecular weight is 713 g/mol. The summed E-state index contributed by atoms with van der Waals surface area (Å²) in [6.45, 7) is 4.52. The molecule has 258 valence electrons. The maximum absolute atomic E-state index is 13.3. The fourth-order valence-electron chi connectivity index (χ4n) is 5.13. The topological polar surface area (TPSA) is 220 Å². The Bertz CT molecular complexity index is 1810. The number of aliphatic carboxylic acids is 1. The van der Waals surface area contributed by atoms with Crippen molar-refractivity contribution in [3.8, 4) is 5.75 Å². The molecule has 4 heterocycles.